The molecule has 1 atom stereocenters. The van der Waals surface area contributed by atoms with Crippen molar-refractivity contribution in [2.45, 2.75) is 187 Å². The molecule has 28 heteroatoms. The zero-order chi connectivity index (χ0) is 104. The molecule has 10 aromatic rings. The summed E-state index contributed by atoms with van der Waals surface area (Å²) < 4.78 is 64.2. The number of nitrogens with one attached hydrogen (secondary N) is 8. The summed E-state index contributed by atoms with van der Waals surface area (Å²) in [6.45, 7) is 20.9. The van der Waals surface area contributed by atoms with Crippen LogP contribution in [0.5, 0.6) is 40.2 Å². The molecule has 144 heavy (non-hydrogen) atoms. The van der Waals surface area contributed by atoms with Crippen molar-refractivity contribution in [1.82, 2.24) is 0 Å². The van der Waals surface area contributed by atoms with Crippen LogP contribution < -0.4 is 74.8 Å². The summed E-state index contributed by atoms with van der Waals surface area (Å²) in [5.74, 6) is 2.99. The number of phenols is 2. The van der Waals surface area contributed by atoms with Gasteiger partial charge in [0, 0.05) is 175 Å². The van der Waals surface area contributed by atoms with Gasteiger partial charge in [0.15, 0.2) is 28.9 Å². The van der Waals surface area contributed by atoms with Crippen LogP contribution in [0.15, 0.2) is 279 Å². The number of Topliss-reactive ketones (excluding diaryl/α,β-unsaturated/α-hetero) is 5. The highest BCUT2D eigenvalue weighted by Crippen LogP contribution is 2.49. The number of hydrogen-bond donors (Lipinski definition) is 11. The van der Waals surface area contributed by atoms with Gasteiger partial charge in [0.25, 0.3) is 0 Å². The van der Waals surface area contributed by atoms with Gasteiger partial charge >= 0.3 is 0 Å². The number of ether oxygens (including phenoxy) is 5. The maximum Gasteiger partial charge on any atom is 0.196 e. The summed E-state index contributed by atoms with van der Waals surface area (Å²) in [5.41, 5.74) is 17.7. The zero-order valence-corrected chi connectivity index (χ0v) is 81.0. The van der Waals surface area contributed by atoms with Crippen molar-refractivity contribution >= 4 is 115 Å². The van der Waals surface area contributed by atoms with Crippen molar-refractivity contribution in [3.63, 3.8) is 0 Å². The maximum atomic E-state index is 13.5. The quantitative estimate of drug-likeness (QED) is 0.0506. The Bertz CT molecular complexity index is 7050. The number of aromatic hydroxyl groups is 2. The van der Waals surface area contributed by atoms with Gasteiger partial charge in [-0.25, -0.2) is 0 Å². The molecule has 10 heterocycles. The molecule has 0 bridgehead atoms. The van der Waals surface area contributed by atoms with Gasteiger partial charge < -0.3 is 90.1 Å². The summed E-state index contributed by atoms with van der Waals surface area (Å²) in [4.78, 5) is 84.7. The van der Waals surface area contributed by atoms with Crippen LogP contribution in [0.2, 0.25) is 0 Å². The topological polar surface area (TPSA) is 365 Å². The van der Waals surface area contributed by atoms with Crippen LogP contribution in [0, 0.1) is 37.0 Å². The van der Waals surface area contributed by atoms with Crippen molar-refractivity contribution in [3.05, 3.63) is 313 Å². The Morgan fingerprint density at radius 1 is 0.354 bits per heavy atom. The highest BCUT2D eigenvalue weighted by atomic mass is 16.5. The maximum absolute atomic E-state index is 13.5. The van der Waals surface area contributed by atoms with E-state index in [1.54, 1.807) is 94.2 Å². The third-order valence-electron chi connectivity index (χ3n) is 26.6. The van der Waals surface area contributed by atoms with E-state index >= 15 is 0 Å². The SMILES string of the molecule is C.C.C.C.C.CN=C1C(=C2Cc3ccccc3N2)C(=O)C(C)(C)N1c1cc(C)cc(O)c1.CN=C1C(=C2Cc3ccccc3N2)C(=O)C(C)(C)N1c1cc(C)cc(OC)c1.COc1cc(OC)cc(N2C(=N)C(=C3Cc4ccccc4N3)C(=O)C2(C)CO)c1.Cc1cc(O)cc(N2C(=N)C(=C3Cc4ccccc4N3)C(=O)C2(C)C)c1.[2H]C([2H])([2H])Oc1cc(OC([2H])([2H])C)cc(N2C(=N)C(=C3Cc4ccccc4N3)C(=O)C2(C)C)c1. The van der Waals surface area contributed by atoms with Crippen molar-refractivity contribution in [2.24, 2.45) is 9.98 Å². The average Bonchev–Trinajstić information content (AvgIpc) is 1.09. The molecular formula is C116H137N15O13. The summed E-state index contributed by atoms with van der Waals surface area (Å²) in [7, 11) is 5.43. The standard InChI is InChI=1S/C23H25N3O3.C23H25N3O2.C22H23N3O4.C22H23N3O2.C21H21N3O2.5CH4/c1-5-29-17-12-15(11-16(13-17)28-4)26-22(24)20(21(27)23(26,2)3)19-10-14-8-6-7-9-18(14)25-19;1-14-10-16(13-17(11-14)28-5)26-22(24-4)20(21(27)23(26,2)3)19-12-15-8-6-7-9-18(15)25-19;1-22(12-26)20(27)19(18-8-13-6-4-5-7-17(13)24-18)21(23)25(22)14-9-15(28-2)11-16(10-14)29-3;1-13-9-15(12-16(26)10-13)25-21(23-4)19(20(27)22(25,2)3)18-11-14-7-5-6-8-17(14)24-18;1-12-8-14(11-15(25)9-12)24-20(22)18(19(26)21(24,2)3)17-10-13-6-4-5-7-16(13)23-17;;;;;/h6-9,11-13,24-25H,5,10H2,1-4H3;6-11,13,25H,12H2,1-5H3;4-7,9-11,23-24,26H,8,12H2,1-3H3;5-10,12,24,26H,11H2,1-4H3;4-9,11,22-23,25H,10H2,1-3H3;5*1H4/i4D3,5D2;;;;;;;;;. The second-order valence-electron chi connectivity index (χ2n) is 37.6. The van der Waals surface area contributed by atoms with Crippen LogP contribution in [-0.2, 0) is 56.1 Å². The number of ketones is 5. The summed E-state index contributed by atoms with van der Waals surface area (Å²) in [5, 5.41) is 73.3. The zero-order valence-electron chi connectivity index (χ0n) is 86.0. The first-order valence-corrected chi connectivity index (χ1v) is 45.6. The Balaban J connectivity index is 0.000000176. The second kappa shape index (κ2) is 42.5. The predicted octanol–water partition coefficient (Wildman–Crippen LogP) is 21.8. The third-order valence-corrected chi connectivity index (χ3v) is 26.6. The molecule has 5 saturated heterocycles. The number of carbonyl (C=O) groups is 5. The van der Waals surface area contributed by atoms with Crippen molar-refractivity contribution in [2.75, 3.05) is 107 Å². The molecule has 0 spiro atoms. The Morgan fingerprint density at radius 2 is 0.611 bits per heavy atom. The van der Waals surface area contributed by atoms with Crippen LogP contribution in [0.3, 0.4) is 0 Å². The molecule has 10 aliphatic heterocycles. The van der Waals surface area contributed by atoms with Gasteiger partial charge in [-0.3, -0.25) is 50.2 Å². The highest BCUT2D eigenvalue weighted by Gasteiger charge is 2.56. The van der Waals surface area contributed by atoms with Crippen LogP contribution in [-0.4, -0.2) is 157 Å². The summed E-state index contributed by atoms with van der Waals surface area (Å²) in [6.07, 6.45) is 3.02. The normalized spacial score (nSPS) is 21.6. The molecule has 0 amide bonds. The van der Waals surface area contributed by atoms with Gasteiger partial charge in [-0.1, -0.05) is 128 Å². The minimum absolute atomic E-state index is 0. The molecule has 10 aliphatic rings. The number of aliphatic imine (C=N–C) groups is 2. The number of carbonyl (C=O) groups excluding carboxylic acids is 5. The van der Waals surface area contributed by atoms with E-state index in [0.29, 0.717) is 100 Å². The van der Waals surface area contributed by atoms with Gasteiger partial charge in [0.05, 0.1) is 87.6 Å². The molecule has 0 aromatic heterocycles. The minimum atomic E-state index is -2.75. The van der Waals surface area contributed by atoms with Crippen molar-refractivity contribution < 1.29 is 69.8 Å². The van der Waals surface area contributed by atoms with E-state index in [2.05, 4.69) is 54.8 Å². The largest absolute Gasteiger partial charge is 0.508 e. The van der Waals surface area contributed by atoms with Crippen molar-refractivity contribution in [1.29, 1.82) is 16.2 Å². The lowest BCUT2D eigenvalue weighted by atomic mass is 9.94. The fourth-order valence-corrected chi connectivity index (χ4v) is 19.9. The number of rotatable bonds is 12. The van der Waals surface area contributed by atoms with Crippen LogP contribution >= 0.6 is 0 Å². The number of para-hydroxylation sites is 5. The molecular weight excluding hydrogens is 1810 g/mol. The van der Waals surface area contributed by atoms with E-state index in [0.717, 1.165) is 96.0 Å². The molecule has 0 aliphatic carbocycles. The molecule has 1 unspecified atom stereocenters. The number of fused-ring (bicyclic) bond motifs is 5. The predicted molar refractivity (Wildman–Crippen MR) is 584 cm³/mol. The van der Waals surface area contributed by atoms with E-state index < -0.39 is 47.9 Å². The van der Waals surface area contributed by atoms with Gasteiger partial charge in [-0.2, -0.15) is 0 Å². The van der Waals surface area contributed by atoms with E-state index in [9.17, 15) is 39.3 Å². The molecule has 10 aromatic carbocycles. The van der Waals surface area contributed by atoms with Gasteiger partial charge in [0.2, 0.25) is 0 Å². The summed E-state index contributed by atoms with van der Waals surface area (Å²) in [6, 6.07) is 65.4. The number of aliphatic hydroxyl groups is 1. The number of aryl methyl sites for hydroxylation is 3. The number of methoxy groups -OCH3 is 4. The van der Waals surface area contributed by atoms with Gasteiger partial charge in [-0.05, 0) is 201 Å². The van der Waals surface area contributed by atoms with Crippen LogP contribution in [0.1, 0.15) is 158 Å². The van der Waals surface area contributed by atoms with E-state index in [1.165, 1.54) is 55.4 Å². The first-order chi connectivity index (χ1) is 68.0. The lowest BCUT2D eigenvalue weighted by Crippen LogP contribution is -2.50. The molecule has 0 saturated carbocycles. The fourth-order valence-electron chi connectivity index (χ4n) is 19.9. The van der Waals surface area contributed by atoms with Crippen molar-refractivity contribution in [3.8, 4) is 40.2 Å². The lowest BCUT2D eigenvalue weighted by molar-refractivity contribution is -0.120. The number of benzene rings is 10. The number of aliphatic hydroxyl groups excluding tert-OH is 1. The van der Waals surface area contributed by atoms with Crippen LogP contribution in [0.4, 0.5) is 56.9 Å². The molecule has 5 fully saturated rings. The monoisotopic (exact) mass is 1950 g/mol. The number of phenolic OH excluding ortho intramolecular Hbond substituents is 2. The Kier molecular flexibility index (Phi) is 29.9. The number of allylic oxidation sites excluding steroid dienone is 5. The summed E-state index contributed by atoms with van der Waals surface area (Å²) >= 11 is 0. The number of anilines is 10. The highest BCUT2D eigenvalue weighted by molar-refractivity contribution is 6.41. The molecule has 11 N–H and O–H groups in total. The fraction of sp³-hybridized carbons (Fsp3) is 0.310. The Labute approximate surface area is 853 Å². The smallest absolute Gasteiger partial charge is 0.196 e. The number of amidine groups is 5. The second-order valence-corrected chi connectivity index (χ2v) is 37.6. The number of hydrogen-bond acceptors (Lipinski definition) is 23. The third kappa shape index (κ3) is 19.6. The lowest BCUT2D eigenvalue weighted by Gasteiger charge is -2.33. The van der Waals surface area contributed by atoms with Gasteiger partial charge in [-0.15, -0.1) is 0 Å². The molecule has 20 rings (SSSR count). The molecule has 0 radical (unpaired) electrons. The molecule has 754 valence electrons. The van der Waals surface area contributed by atoms with Gasteiger partial charge in [0.1, 0.15) is 97.1 Å². The Morgan fingerprint density at radius 3 is 0.924 bits per heavy atom. The number of nitrogens with zero attached hydrogens (tertiary/aromatic N) is 7. The minimum Gasteiger partial charge on any atom is -0.508 e. The first kappa shape index (κ1) is 101. The van der Waals surface area contributed by atoms with E-state index in [-0.39, 0.29) is 118 Å². The van der Waals surface area contributed by atoms with E-state index in [1.807, 2.05) is 206 Å². The average molecular weight is 1950 g/mol. The van der Waals surface area contributed by atoms with E-state index in [4.69, 9.17) is 46.8 Å². The first-order valence-electron chi connectivity index (χ1n) is 48.1. The molecule has 28 nitrogen and oxygen atoms in total. The Hall–Kier alpha value is -15.8. The van der Waals surface area contributed by atoms with Crippen LogP contribution in [0.25, 0.3) is 0 Å².